The maximum atomic E-state index is 12.6. The zero-order valence-electron chi connectivity index (χ0n) is 14.9. The van der Waals surface area contributed by atoms with E-state index in [1.54, 1.807) is 24.3 Å². The van der Waals surface area contributed by atoms with E-state index in [-0.39, 0.29) is 42.7 Å². The van der Waals surface area contributed by atoms with Crippen molar-refractivity contribution in [1.82, 2.24) is 5.32 Å². The number of rotatable bonds is 6. The van der Waals surface area contributed by atoms with Crippen LogP contribution in [0.15, 0.2) is 24.3 Å². The highest BCUT2D eigenvalue weighted by molar-refractivity contribution is 5.96. The van der Waals surface area contributed by atoms with E-state index in [9.17, 15) is 14.4 Å². The molecule has 1 aromatic rings. The van der Waals surface area contributed by atoms with Crippen molar-refractivity contribution in [2.75, 3.05) is 19.0 Å². The SMILES string of the molecule is COC(=O)CCNC(=O)c1ccc(NC(=O)C2C3CCC(C3)C2N)cc1. The van der Waals surface area contributed by atoms with Crippen molar-refractivity contribution in [2.45, 2.75) is 31.7 Å². The van der Waals surface area contributed by atoms with E-state index in [0.29, 0.717) is 23.1 Å². The van der Waals surface area contributed by atoms with Crippen molar-refractivity contribution in [2.24, 2.45) is 23.5 Å². The Morgan fingerprint density at radius 3 is 2.46 bits per heavy atom. The van der Waals surface area contributed by atoms with E-state index < -0.39 is 0 Å². The number of esters is 1. The molecule has 140 valence electrons. The molecule has 2 fully saturated rings. The van der Waals surface area contributed by atoms with Crippen molar-refractivity contribution in [3.05, 3.63) is 29.8 Å². The Morgan fingerprint density at radius 1 is 1.15 bits per heavy atom. The topological polar surface area (TPSA) is 111 Å². The molecule has 2 aliphatic carbocycles. The van der Waals surface area contributed by atoms with Gasteiger partial charge in [0.2, 0.25) is 5.91 Å². The molecule has 2 amide bonds. The molecule has 7 nitrogen and oxygen atoms in total. The quantitative estimate of drug-likeness (QED) is 0.663. The Labute approximate surface area is 152 Å². The first kappa shape index (κ1) is 18.4. The summed E-state index contributed by atoms with van der Waals surface area (Å²) in [7, 11) is 1.31. The Kier molecular flexibility index (Phi) is 5.56. The molecule has 0 heterocycles. The predicted octanol–water partition coefficient (Wildman–Crippen LogP) is 1.29. The Morgan fingerprint density at radius 2 is 1.85 bits per heavy atom. The summed E-state index contributed by atoms with van der Waals surface area (Å²) in [5, 5.41) is 5.57. The van der Waals surface area contributed by atoms with Gasteiger partial charge in [-0.15, -0.1) is 0 Å². The summed E-state index contributed by atoms with van der Waals surface area (Å²) >= 11 is 0. The molecular weight excluding hydrogens is 334 g/mol. The second kappa shape index (κ2) is 7.86. The Balaban J connectivity index is 1.52. The molecule has 26 heavy (non-hydrogen) atoms. The summed E-state index contributed by atoms with van der Waals surface area (Å²) in [6, 6.07) is 6.64. The van der Waals surface area contributed by atoms with Crippen LogP contribution in [0, 0.1) is 17.8 Å². The number of benzene rings is 1. The lowest BCUT2D eigenvalue weighted by Gasteiger charge is -2.27. The number of hydrogen-bond acceptors (Lipinski definition) is 5. The van der Waals surface area contributed by atoms with E-state index in [1.165, 1.54) is 7.11 Å². The maximum Gasteiger partial charge on any atom is 0.307 e. The lowest BCUT2D eigenvalue weighted by atomic mass is 9.84. The number of hydrogen-bond donors (Lipinski definition) is 3. The number of amides is 2. The zero-order valence-corrected chi connectivity index (χ0v) is 14.9. The third-order valence-electron chi connectivity index (χ3n) is 5.54. The molecule has 2 bridgehead atoms. The fourth-order valence-corrected chi connectivity index (χ4v) is 4.14. The molecule has 3 rings (SSSR count). The average Bonchev–Trinajstić information content (AvgIpc) is 3.23. The fraction of sp³-hybridized carbons (Fsp3) is 0.526. The minimum atomic E-state index is -0.373. The molecule has 0 spiro atoms. The van der Waals surface area contributed by atoms with Gasteiger partial charge in [-0.05, 0) is 55.4 Å². The standard InChI is InChI=1S/C19H25N3O4/c1-26-15(23)8-9-21-18(24)11-4-6-14(7-5-11)22-19(25)16-12-2-3-13(10-12)17(16)20/h4-7,12-13,16-17H,2-3,8-10,20H2,1H3,(H,21,24)(H,22,25). The lowest BCUT2D eigenvalue weighted by molar-refractivity contribution is -0.140. The third-order valence-corrected chi connectivity index (χ3v) is 5.54. The van der Waals surface area contributed by atoms with Gasteiger partial charge in [-0.3, -0.25) is 14.4 Å². The van der Waals surface area contributed by atoms with Crippen LogP contribution in [0.4, 0.5) is 5.69 Å². The molecule has 0 aliphatic heterocycles. The molecule has 2 aliphatic rings. The summed E-state index contributed by atoms with van der Waals surface area (Å²) in [6.07, 6.45) is 3.40. The average molecular weight is 359 g/mol. The summed E-state index contributed by atoms with van der Waals surface area (Å²) in [4.78, 5) is 35.6. The highest BCUT2D eigenvalue weighted by Gasteiger charge is 2.49. The van der Waals surface area contributed by atoms with Gasteiger partial charge >= 0.3 is 5.97 Å². The van der Waals surface area contributed by atoms with E-state index in [0.717, 1.165) is 19.3 Å². The van der Waals surface area contributed by atoms with Crippen LogP contribution in [0.2, 0.25) is 0 Å². The van der Waals surface area contributed by atoms with Crippen LogP contribution >= 0.6 is 0 Å². The molecule has 0 aromatic heterocycles. The van der Waals surface area contributed by atoms with Crippen LogP contribution < -0.4 is 16.4 Å². The van der Waals surface area contributed by atoms with Gasteiger partial charge in [-0.2, -0.15) is 0 Å². The van der Waals surface area contributed by atoms with Gasteiger partial charge in [0.1, 0.15) is 0 Å². The molecule has 4 atom stereocenters. The Bertz CT molecular complexity index is 687. The minimum absolute atomic E-state index is 0.0278. The summed E-state index contributed by atoms with van der Waals surface area (Å²) in [5.74, 6) is 0.0841. The molecule has 1 aromatic carbocycles. The highest BCUT2D eigenvalue weighted by Crippen LogP contribution is 2.47. The number of carbonyl (C=O) groups is 3. The van der Waals surface area contributed by atoms with Crippen LogP contribution in [0.25, 0.3) is 0 Å². The highest BCUT2D eigenvalue weighted by atomic mass is 16.5. The summed E-state index contributed by atoms with van der Waals surface area (Å²) in [6.45, 7) is 0.214. The fourth-order valence-electron chi connectivity index (χ4n) is 4.14. The first-order chi connectivity index (χ1) is 12.5. The molecule has 4 N–H and O–H groups in total. The number of nitrogens with two attached hydrogens (primary N) is 1. The summed E-state index contributed by atoms with van der Waals surface area (Å²) < 4.78 is 4.52. The molecule has 7 heteroatoms. The molecule has 2 saturated carbocycles. The van der Waals surface area contributed by atoms with Gasteiger partial charge in [-0.1, -0.05) is 0 Å². The maximum absolute atomic E-state index is 12.6. The van der Waals surface area contributed by atoms with E-state index >= 15 is 0 Å². The first-order valence-corrected chi connectivity index (χ1v) is 9.01. The number of fused-ring (bicyclic) bond motifs is 2. The molecule has 0 radical (unpaired) electrons. The Hall–Kier alpha value is -2.41. The molecule has 0 saturated heterocycles. The van der Waals surface area contributed by atoms with Gasteiger partial charge in [0.05, 0.1) is 19.4 Å². The number of ether oxygens (including phenoxy) is 1. The van der Waals surface area contributed by atoms with Crippen molar-refractivity contribution in [3.63, 3.8) is 0 Å². The van der Waals surface area contributed by atoms with Crippen LogP contribution in [-0.2, 0) is 14.3 Å². The third kappa shape index (κ3) is 3.88. The van der Waals surface area contributed by atoms with E-state index in [1.807, 2.05) is 0 Å². The minimum Gasteiger partial charge on any atom is -0.469 e. The first-order valence-electron chi connectivity index (χ1n) is 9.01. The lowest BCUT2D eigenvalue weighted by Crippen LogP contribution is -2.42. The second-order valence-electron chi connectivity index (χ2n) is 7.08. The normalized spacial score (nSPS) is 26.4. The van der Waals surface area contributed by atoms with Crippen LogP contribution in [0.5, 0.6) is 0 Å². The number of anilines is 1. The monoisotopic (exact) mass is 359 g/mol. The van der Waals surface area contributed by atoms with Gasteiger partial charge in [-0.25, -0.2) is 0 Å². The van der Waals surface area contributed by atoms with Gasteiger partial charge in [0.25, 0.3) is 5.91 Å². The van der Waals surface area contributed by atoms with Gasteiger partial charge in [0, 0.05) is 23.8 Å². The van der Waals surface area contributed by atoms with Crippen molar-refractivity contribution < 1.29 is 19.1 Å². The number of carbonyl (C=O) groups excluding carboxylic acids is 3. The van der Waals surface area contributed by atoms with Crippen molar-refractivity contribution in [1.29, 1.82) is 0 Å². The van der Waals surface area contributed by atoms with E-state index in [2.05, 4.69) is 15.4 Å². The van der Waals surface area contributed by atoms with Gasteiger partial charge < -0.3 is 21.1 Å². The van der Waals surface area contributed by atoms with Crippen LogP contribution in [0.1, 0.15) is 36.0 Å². The second-order valence-corrected chi connectivity index (χ2v) is 7.08. The molecule has 4 unspecified atom stereocenters. The number of methoxy groups -OCH3 is 1. The summed E-state index contributed by atoms with van der Waals surface area (Å²) in [5.41, 5.74) is 7.33. The van der Waals surface area contributed by atoms with E-state index in [4.69, 9.17) is 5.73 Å². The van der Waals surface area contributed by atoms with Crippen molar-refractivity contribution >= 4 is 23.5 Å². The smallest absolute Gasteiger partial charge is 0.307 e. The van der Waals surface area contributed by atoms with Gasteiger partial charge in [0.15, 0.2) is 0 Å². The van der Waals surface area contributed by atoms with Crippen molar-refractivity contribution in [3.8, 4) is 0 Å². The predicted molar refractivity (Wildman–Crippen MR) is 96.3 cm³/mol. The zero-order chi connectivity index (χ0) is 18.7. The van der Waals surface area contributed by atoms with Crippen LogP contribution in [-0.4, -0.2) is 37.5 Å². The number of nitrogens with one attached hydrogen (secondary N) is 2. The molecular formula is C19H25N3O4. The van der Waals surface area contributed by atoms with Crippen LogP contribution in [0.3, 0.4) is 0 Å². The largest absolute Gasteiger partial charge is 0.469 e.